The van der Waals surface area contributed by atoms with Crippen molar-refractivity contribution in [3.8, 4) is 5.75 Å². The lowest BCUT2D eigenvalue weighted by atomic mass is 9.81. The number of anilines is 1. The summed E-state index contributed by atoms with van der Waals surface area (Å²) in [7, 11) is -3.93. The fourth-order valence-corrected chi connectivity index (χ4v) is 4.60. The second kappa shape index (κ2) is 6.25. The SMILES string of the molecule is O=C1CN(c2ccc(CCC3(O)CCCCC3)cc2O)S(=O)(=O)N1. The first-order chi connectivity index (χ1) is 11.3. The third kappa shape index (κ3) is 3.49. The molecule has 24 heavy (non-hydrogen) atoms. The Morgan fingerprint density at radius 1 is 1.21 bits per heavy atom. The summed E-state index contributed by atoms with van der Waals surface area (Å²) in [4.78, 5) is 11.3. The smallest absolute Gasteiger partial charge is 0.326 e. The Morgan fingerprint density at radius 3 is 2.50 bits per heavy atom. The van der Waals surface area contributed by atoms with Gasteiger partial charge in [0.15, 0.2) is 0 Å². The molecule has 0 aromatic heterocycles. The van der Waals surface area contributed by atoms with Crippen LogP contribution in [-0.4, -0.2) is 36.7 Å². The van der Waals surface area contributed by atoms with E-state index in [4.69, 9.17) is 0 Å². The molecule has 0 spiro atoms. The summed E-state index contributed by atoms with van der Waals surface area (Å²) in [6.07, 6.45) is 6.06. The van der Waals surface area contributed by atoms with E-state index in [0.29, 0.717) is 12.8 Å². The molecule has 132 valence electrons. The molecule has 3 N–H and O–H groups in total. The fourth-order valence-electron chi connectivity index (χ4n) is 3.43. The van der Waals surface area contributed by atoms with E-state index in [1.165, 1.54) is 12.1 Å². The molecule has 2 fully saturated rings. The summed E-state index contributed by atoms with van der Waals surface area (Å²) in [6, 6.07) is 4.72. The van der Waals surface area contributed by atoms with Crippen LogP contribution in [-0.2, 0) is 21.4 Å². The number of phenols is 1. The molecule has 1 saturated carbocycles. The number of aromatic hydroxyl groups is 1. The van der Waals surface area contributed by atoms with Crippen LogP contribution in [0, 0.1) is 0 Å². The van der Waals surface area contributed by atoms with Crippen molar-refractivity contribution in [2.75, 3.05) is 10.8 Å². The maximum Gasteiger partial charge on any atom is 0.326 e. The van der Waals surface area contributed by atoms with Crippen molar-refractivity contribution in [1.29, 1.82) is 0 Å². The van der Waals surface area contributed by atoms with Gasteiger partial charge in [0, 0.05) is 0 Å². The molecule has 0 bridgehead atoms. The zero-order chi connectivity index (χ0) is 17.4. The number of phenolic OH excluding ortho intramolecular Hbond substituents is 1. The van der Waals surface area contributed by atoms with Crippen LogP contribution in [0.15, 0.2) is 18.2 Å². The number of aryl methyl sites for hydroxylation is 1. The average molecular weight is 354 g/mol. The highest BCUT2D eigenvalue weighted by molar-refractivity contribution is 7.92. The highest BCUT2D eigenvalue weighted by Gasteiger charge is 2.35. The van der Waals surface area contributed by atoms with Crippen LogP contribution in [0.5, 0.6) is 5.75 Å². The number of hydrogen-bond donors (Lipinski definition) is 3. The molecule has 2 aliphatic rings. The zero-order valence-electron chi connectivity index (χ0n) is 13.4. The van der Waals surface area contributed by atoms with Crippen molar-refractivity contribution in [2.24, 2.45) is 0 Å². The molecule has 0 atom stereocenters. The van der Waals surface area contributed by atoms with Crippen molar-refractivity contribution in [1.82, 2.24) is 4.72 Å². The van der Waals surface area contributed by atoms with Gasteiger partial charge in [-0.05, 0) is 43.4 Å². The third-order valence-corrected chi connectivity index (χ3v) is 6.18. The molecular weight excluding hydrogens is 332 g/mol. The number of carbonyl (C=O) groups is 1. The van der Waals surface area contributed by atoms with E-state index in [0.717, 1.165) is 42.0 Å². The van der Waals surface area contributed by atoms with Gasteiger partial charge in [0.2, 0.25) is 0 Å². The molecule has 0 radical (unpaired) electrons. The number of benzene rings is 1. The largest absolute Gasteiger partial charge is 0.506 e. The van der Waals surface area contributed by atoms with Crippen LogP contribution in [0.2, 0.25) is 0 Å². The Balaban J connectivity index is 1.72. The predicted octanol–water partition coefficient (Wildman–Crippen LogP) is 1.20. The molecule has 1 amide bonds. The molecule has 1 heterocycles. The van der Waals surface area contributed by atoms with Crippen molar-refractivity contribution < 1.29 is 23.4 Å². The molecule has 1 aliphatic heterocycles. The quantitative estimate of drug-likeness (QED) is 0.753. The topological polar surface area (TPSA) is 107 Å². The van der Waals surface area contributed by atoms with E-state index in [9.17, 15) is 23.4 Å². The highest BCUT2D eigenvalue weighted by Crippen LogP contribution is 2.34. The molecule has 0 unspecified atom stereocenters. The molecule has 1 aromatic carbocycles. The normalized spacial score (nSPS) is 22.4. The summed E-state index contributed by atoms with van der Waals surface area (Å²) in [5, 5.41) is 20.7. The van der Waals surface area contributed by atoms with Crippen LogP contribution in [0.4, 0.5) is 5.69 Å². The number of nitrogens with zero attached hydrogens (tertiary/aromatic N) is 1. The van der Waals surface area contributed by atoms with Crippen molar-refractivity contribution in [3.63, 3.8) is 0 Å². The molecule has 1 aromatic rings. The fraction of sp³-hybridized carbons (Fsp3) is 0.562. The van der Waals surface area contributed by atoms with Gasteiger partial charge in [0.25, 0.3) is 5.91 Å². The lowest BCUT2D eigenvalue weighted by molar-refractivity contribution is -0.117. The van der Waals surface area contributed by atoms with Gasteiger partial charge >= 0.3 is 10.2 Å². The predicted molar refractivity (Wildman–Crippen MR) is 88.9 cm³/mol. The van der Waals surface area contributed by atoms with Gasteiger partial charge in [-0.3, -0.25) is 4.79 Å². The van der Waals surface area contributed by atoms with E-state index in [1.807, 2.05) is 4.72 Å². The summed E-state index contributed by atoms with van der Waals surface area (Å²) in [5.41, 5.74) is 0.265. The van der Waals surface area contributed by atoms with E-state index in [2.05, 4.69) is 0 Å². The molecule has 1 saturated heterocycles. The summed E-state index contributed by atoms with van der Waals surface area (Å²) >= 11 is 0. The van der Waals surface area contributed by atoms with E-state index in [-0.39, 0.29) is 18.0 Å². The van der Waals surface area contributed by atoms with E-state index >= 15 is 0 Å². The Kier molecular flexibility index (Phi) is 4.44. The van der Waals surface area contributed by atoms with Crippen molar-refractivity contribution in [2.45, 2.75) is 50.5 Å². The number of amides is 1. The monoisotopic (exact) mass is 354 g/mol. The minimum atomic E-state index is -3.93. The van der Waals surface area contributed by atoms with Crippen LogP contribution < -0.4 is 9.03 Å². The standard InChI is InChI=1S/C16H22N2O5S/c19-14-10-12(6-9-16(21)7-2-1-3-8-16)4-5-13(14)18-11-15(20)17-24(18,22)23/h4-5,10,19,21H,1-3,6-9,11H2,(H,17,20). The maximum atomic E-state index is 11.8. The first-order valence-corrected chi connectivity index (χ1v) is 9.61. The van der Waals surface area contributed by atoms with Gasteiger partial charge in [-0.25, -0.2) is 9.03 Å². The van der Waals surface area contributed by atoms with E-state index < -0.39 is 21.7 Å². The first-order valence-electron chi connectivity index (χ1n) is 8.17. The van der Waals surface area contributed by atoms with Crippen LogP contribution in [0.1, 0.15) is 44.1 Å². The van der Waals surface area contributed by atoms with E-state index in [1.54, 1.807) is 6.07 Å². The Bertz CT molecular complexity index is 741. The highest BCUT2D eigenvalue weighted by atomic mass is 32.2. The van der Waals surface area contributed by atoms with Crippen molar-refractivity contribution >= 4 is 21.8 Å². The Labute approximate surface area is 141 Å². The van der Waals surface area contributed by atoms with Gasteiger partial charge < -0.3 is 10.2 Å². The molecule has 7 nitrogen and oxygen atoms in total. The van der Waals surface area contributed by atoms with Crippen molar-refractivity contribution in [3.05, 3.63) is 23.8 Å². The number of aliphatic hydroxyl groups is 1. The second-order valence-electron chi connectivity index (χ2n) is 6.64. The summed E-state index contributed by atoms with van der Waals surface area (Å²) in [6.45, 7) is -0.338. The van der Waals surface area contributed by atoms with Crippen LogP contribution in [0.25, 0.3) is 0 Å². The third-order valence-electron chi connectivity index (χ3n) is 4.79. The molecule has 3 rings (SSSR count). The van der Waals surface area contributed by atoms with Gasteiger partial charge in [0.05, 0.1) is 11.3 Å². The number of carbonyl (C=O) groups excluding carboxylic acids is 1. The van der Waals surface area contributed by atoms with Gasteiger partial charge in [-0.1, -0.05) is 25.3 Å². The number of nitrogens with one attached hydrogen (secondary N) is 1. The van der Waals surface area contributed by atoms with Gasteiger partial charge in [-0.2, -0.15) is 8.42 Å². The van der Waals surface area contributed by atoms with Gasteiger partial charge in [0.1, 0.15) is 12.3 Å². The Hall–Kier alpha value is -1.80. The molecular formula is C16H22N2O5S. The first kappa shape index (κ1) is 17.0. The number of hydrogen-bond acceptors (Lipinski definition) is 5. The maximum absolute atomic E-state index is 11.8. The molecule has 1 aliphatic carbocycles. The minimum absolute atomic E-state index is 0.0773. The lowest BCUT2D eigenvalue weighted by Gasteiger charge is -2.32. The second-order valence-corrected chi connectivity index (χ2v) is 8.24. The zero-order valence-corrected chi connectivity index (χ0v) is 14.2. The van der Waals surface area contributed by atoms with Crippen LogP contribution in [0.3, 0.4) is 0 Å². The summed E-state index contributed by atoms with van der Waals surface area (Å²) in [5.74, 6) is -0.818. The number of rotatable bonds is 4. The molecule has 8 heteroatoms. The lowest BCUT2D eigenvalue weighted by Crippen LogP contribution is -2.31. The minimum Gasteiger partial charge on any atom is -0.506 e. The van der Waals surface area contributed by atoms with Gasteiger partial charge in [-0.15, -0.1) is 0 Å². The average Bonchev–Trinajstić information content (AvgIpc) is 2.79. The Morgan fingerprint density at radius 2 is 1.92 bits per heavy atom. The summed E-state index contributed by atoms with van der Waals surface area (Å²) < 4.78 is 26.4. The van der Waals surface area contributed by atoms with Crippen LogP contribution >= 0.6 is 0 Å².